The number of benzene rings is 2. The standard InChI is InChI=1S/C22H22O4/c23-15-13-16-9-11-18(12-10-16)22(14-5-4-8-19(22)24)21(26)20(25)17-6-2-1-3-7-17/h1-12,14,19-20,23-25H,13,15H2. The highest BCUT2D eigenvalue weighted by atomic mass is 16.3. The topological polar surface area (TPSA) is 77.8 Å². The average molecular weight is 350 g/mol. The van der Waals surface area contributed by atoms with Gasteiger partial charge in [0.15, 0.2) is 5.78 Å². The molecule has 3 N–H and O–H groups in total. The molecular weight excluding hydrogens is 328 g/mol. The van der Waals surface area contributed by atoms with Crippen molar-refractivity contribution in [3.05, 3.63) is 95.6 Å². The van der Waals surface area contributed by atoms with Crippen LogP contribution in [0.3, 0.4) is 0 Å². The number of carbonyl (C=O) groups is 1. The first-order chi connectivity index (χ1) is 12.6. The molecule has 0 heterocycles. The van der Waals surface area contributed by atoms with Crippen molar-refractivity contribution >= 4 is 5.78 Å². The van der Waals surface area contributed by atoms with E-state index in [9.17, 15) is 15.0 Å². The number of rotatable bonds is 6. The zero-order valence-corrected chi connectivity index (χ0v) is 14.3. The molecule has 1 aliphatic rings. The Morgan fingerprint density at radius 2 is 1.73 bits per heavy atom. The molecule has 0 amide bonds. The van der Waals surface area contributed by atoms with Gasteiger partial charge in [0, 0.05) is 6.61 Å². The van der Waals surface area contributed by atoms with E-state index in [1.54, 1.807) is 60.7 Å². The predicted molar refractivity (Wildman–Crippen MR) is 99.6 cm³/mol. The Morgan fingerprint density at radius 1 is 1.04 bits per heavy atom. The van der Waals surface area contributed by atoms with Gasteiger partial charge in [-0.3, -0.25) is 4.79 Å². The summed E-state index contributed by atoms with van der Waals surface area (Å²) >= 11 is 0. The second kappa shape index (κ2) is 7.79. The Hall–Kier alpha value is -2.53. The van der Waals surface area contributed by atoms with Gasteiger partial charge in [-0.25, -0.2) is 0 Å². The van der Waals surface area contributed by atoms with Crippen LogP contribution in [0.5, 0.6) is 0 Å². The van der Waals surface area contributed by atoms with Gasteiger partial charge in [-0.1, -0.05) is 78.9 Å². The fraction of sp³-hybridized carbons (Fsp3) is 0.227. The third-order valence-corrected chi connectivity index (χ3v) is 4.83. The molecule has 2 aromatic rings. The first-order valence-electron chi connectivity index (χ1n) is 8.61. The molecule has 2 aromatic carbocycles. The van der Waals surface area contributed by atoms with Crippen LogP contribution in [0, 0.1) is 0 Å². The Labute approximate surface area is 152 Å². The molecule has 1 aliphatic carbocycles. The van der Waals surface area contributed by atoms with Crippen LogP contribution in [0.15, 0.2) is 78.9 Å². The van der Waals surface area contributed by atoms with Gasteiger partial charge in [0.1, 0.15) is 11.5 Å². The Kier molecular flexibility index (Phi) is 5.47. The van der Waals surface area contributed by atoms with Crippen molar-refractivity contribution in [1.29, 1.82) is 0 Å². The van der Waals surface area contributed by atoms with Gasteiger partial charge < -0.3 is 15.3 Å². The van der Waals surface area contributed by atoms with Gasteiger partial charge in [-0.05, 0) is 23.1 Å². The van der Waals surface area contributed by atoms with Crippen LogP contribution in [-0.2, 0) is 16.6 Å². The van der Waals surface area contributed by atoms with E-state index in [1.165, 1.54) is 0 Å². The van der Waals surface area contributed by atoms with E-state index in [-0.39, 0.29) is 6.61 Å². The number of ketones is 1. The molecule has 4 nitrogen and oxygen atoms in total. The molecule has 0 saturated carbocycles. The van der Waals surface area contributed by atoms with E-state index >= 15 is 0 Å². The quantitative estimate of drug-likeness (QED) is 0.747. The molecule has 0 aromatic heterocycles. The van der Waals surface area contributed by atoms with E-state index < -0.39 is 23.4 Å². The molecule has 0 spiro atoms. The van der Waals surface area contributed by atoms with Crippen molar-refractivity contribution in [3.8, 4) is 0 Å². The summed E-state index contributed by atoms with van der Waals surface area (Å²) in [6, 6.07) is 15.9. The van der Waals surface area contributed by atoms with E-state index in [2.05, 4.69) is 0 Å². The Bertz CT molecular complexity index is 808. The minimum atomic E-state index is -1.36. The number of aliphatic hydroxyl groups excluding tert-OH is 3. The second-order valence-electron chi connectivity index (χ2n) is 6.41. The molecule has 134 valence electrons. The van der Waals surface area contributed by atoms with E-state index in [1.807, 2.05) is 18.2 Å². The summed E-state index contributed by atoms with van der Waals surface area (Å²) < 4.78 is 0. The molecule has 0 saturated heterocycles. The monoisotopic (exact) mass is 350 g/mol. The Morgan fingerprint density at radius 3 is 2.35 bits per heavy atom. The van der Waals surface area contributed by atoms with Crippen LogP contribution in [0.1, 0.15) is 22.8 Å². The first-order valence-corrected chi connectivity index (χ1v) is 8.61. The van der Waals surface area contributed by atoms with Crippen molar-refractivity contribution in [2.45, 2.75) is 24.0 Å². The zero-order valence-electron chi connectivity index (χ0n) is 14.3. The fourth-order valence-corrected chi connectivity index (χ4v) is 3.35. The minimum absolute atomic E-state index is 0.0431. The first kappa shape index (κ1) is 18.3. The van der Waals surface area contributed by atoms with Crippen LogP contribution < -0.4 is 0 Å². The molecule has 0 aliphatic heterocycles. The van der Waals surface area contributed by atoms with Gasteiger partial charge in [-0.15, -0.1) is 0 Å². The van der Waals surface area contributed by atoms with Crippen LogP contribution >= 0.6 is 0 Å². The van der Waals surface area contributed by atoms with Crippen LogP contribution in [0.4, 0.5) is 0 Å². The van der Waals surface area contributed by atoms with Crippen molar-refractivity contribution < 1.29 is 20.1 Å². The number of allylic oxidation sites excluding steroid dienone is 2. The second-order valence-corrected chi connectivity index (χ2v) is 6.41. The summed E-state index contributed by atoms with van der Waals surface area (Å²) in [5.41, 5.74) is 0.672. The number of carbonyl (C=O) groups excluding carboxylic acids is 1. The summed E-state index contributed by atoms with van der Waals surface area (Å²) in [6.45, 7) is 0.0431. The van der Waals surface area contributed by atoms with Crippen molar-refractivity contribution in [2.75, 3.05) is 6.61 Å². The third-order valence-electron chi connectivity index (χ3n) is 4.83. The lowest BCUT2D eigenvalue weighted by atomic mass is 9.68. The highest BCUT2D eigenvalue weighted by Gasteiger charge is 2.47. The molecule has 4 heteroatoms. The number of hydrogen-bond acceptors (Lipinski definition) is 4. The summed E-state index contributed by atoms with van der Waals surface area (Å²) in [4.78, 5) is 13.3. The highest BCUT2D eigenvalue weighted by Crippen LogP contribution is 2.38. The fourth-order valence-electron chi connectivity index (χ4n) is 3.35. The van der Waals surface area contributed by atoms with E-state index in [0.717, 1.165) is 5.56 Å². The molecule has 3 unspecified atom stereocenters. The maximum absolute atomic E-state index is 13.3. The van der Waals surface area contributed by atoms with Gasteiger partial charge >= 0.3 is 0 Å². The van der Waals surface area contributed by atoms with Crippen molar-refractivity contribution in [1.82, 2.24) is 0 Å². The Balaban J connectivity index is 2.03. The van der Waals surface area contributed by atoms with Gasteiger partial charge in [-0.2, -0.15) is 0 Å². The van der Waals surface area contributed by atoms with Crippen LogP contribution in [0.25, 0.3) is 0 Å². The predicted octanol–water partition coefficient (Wildman–Crippen LogP) is 2.25. The largest absolute Gasteiger partial charge is 0.396 e. The lowest BCUT2D eigenvalue weighted by molar-refractivity contribution is -0.134. The van der Waals surface area contributed by atoms with Crippen molar-refractivity contribution in [3.63, 3.8) is 0 Å². The van der Waals surface area contributed by atoms with Crippen LogP contribution in [-0.4, -0.2) is 33.8 Å². The number of aliphatic hydroxyl groups is 3. The smallest absolute Gasteiger partial charge is 0.183 e. The third kappa shape index (κ3) is 3.27. The van der Waals surface area contributed by atoms with Crippen LogP contribution in [0.2, 0.25) is 0 Å². The van der Waals surface area contributed by atoms with Gasteiger partial charge in [0.05, 0.1) is 6.10 Å². The van der Waals surface area contributed by atoms with E-state index in [0.29, 0.717) is 17.5 Å². The number of Topliss-reactive ketones (excluding diaryl/α,β-unsaturated/α-hetero) is 1. The number of hydrogen-bond donors (Lipinski definition) is 3. The normalized spacial score (nSPS) is 23.0. The maximum atomic E-state index is 13.3. The lowest BCUT2D eigenvalue weighted by Crippen LogP contribution is -2.47. The highest BCUT2D eigenvalue weighted by molar-refractivity contribution is 5.97. The zero-order chi connectivity index (χ0) is 18.6. The molecular formula is C22H22O4. The van der Waals surface area contributed by atoms with Gasteiger partial charge in [0.2, 0.25) is 0 Å². The lowest BCUT2D eigenvalue weighted by Gasteiger charge is -2.36. The minimum Gasteiger partial charge on any atom is -0.396 e. The van der Waals surface area contributed by atoms with Crippen molar-refractivity contribution in [2.24, 2.45) is 0 Å². The molecule has 3 rings (SSSR count). The van der Waals surface area contributed by atoms with Gasteiger partial charge in [0.25, 0.3) is 0 Å². The average Bonchev–Trinajstić information content (AvgIpc) is 2.69. The maximum Gasteiger partial charge on any atom is 0.183 e. The summed E-state index contributed by atoms with van der Waals surface area (Å²) in [5, 5.41) is 30.4. The SMILES string of the molecule is O=C(C(O)c1ccccc1)C1(c2ccc(CCO)cc2)C=CC=CC1O. The molecule has 0 radical (unpaired) electrons. The molecule has 3 atom stereocenters. The molecule has 0 fully saturated rings. The summed E-state index contributed by atoms with van der Waals surface area (Å²) in [5.74, 6) is -0.480. The summed E-state index contributed by atoms with van der Waals surface area (Å²) in [6.07, 6.45) is 4.69. The molecule has 26 heavy (non-hydrogen) atoms. The molecule has 0 bridgehead atoms. The van der Waals surface area contributed by atoms with E-state index in [4.69, 9.17) is 5.11 Å². The summed E-state index contributed by atoms with van der Waals surface area (Å²) in [7, 11) is 0.